The first kappa shape index (κ1) is 26.9. The molecule has 5 rings (SSSR count). The molecule has 0 aliphatic heterocycles. The van der Waals surface area contributed by atoms with Crippen molar-refractivity contribution in [2.45, 2.75) is 24.9 Å². The number of hydrogen-bond donors (Lipinski definition) is 6. The fraction of sp³-hybridized carbons (Fsp3) is 0.286. The van der Waals surface area contributed by atoms with E-state index in [1.54, 1.807) is 37.2 Å². The van der Waals surface area contributed by atoms with Gasteiger partial charge in [0.25, 0.3) is 11.8 Å². The molecule has 3 atom stereocenters. The van der Waals surface area contributed by atoms with Crippen LogP contribution < -0.4 is 16.0 Å². The van der Waals surface area contributed by atoms with Gasteiger partial charge in [-0.15, -0.1) is 0 Å². The van der Waals surface area contributed by atoms with E-state index in [-0.39, 0.29) is 29.7 Å². The molecule has 0 aromatic heterocycles. The zero-order chi connectivity index (χ0) is 29.3. The summed E-state index contributed by atoms with van der Waals surface area (Å²) in [6.45, 7) is 0. The lowest BCUT2D eigenvalue weighted by Gasteiger charge is -2.46. The standard InChI is InChI=1S/C28H26FN3O8/c1-32(2)14-5-3-4-11(7-14)27(39)31-17-10-16(29)15-8-12-6-13-9-18(33)21(26(30)38)25(37)28(13,40)24(36)19(12)23(35)20(15)22(17)34/h3-5,7,10,12-13,34-35,37,40H,6,8-9H2,1-2H3,(H2,30,38)(H,31,39)/t12?,13-,28-/m0/s1. The van der Waals surface area contributed by atoms with Crippen LogP contribution in [0.15, 0.2) is 47.2 Å². The molecule has 1 unspecified atom stereocenters. The first-order chi connectivity index (χ1) is 18.8. The van der Waals surface area contributed by atoms with Gasteiger partial charge in [0.05, 0.1) is 11.3 Å². The molecule has 0 bridgehead atoms. The van der Waals surface area contributed by atoms with Crippen molar-refractivity contribution in [1.29, 1.82) is 0 Å². The number of phenolic OH excluding ortho intramolecular Hbond substituents is 1. The highest BCUT2D eigenvalue weighted by molar-refractivity contribution is 6.22. The summed E-state index contributed by atoms with van der Waals surface area (Å²) in [6.07, 6.45) is -0.785. The van der Waals surface area contributed by atoms with Gasteiger partial charge in [-0.25, -0.2) is 4.39 Å². The fourth-order valence-corrected chi connectivity index (χ4v) is 5.86. The van der Waals surface area contributed by atoms with E-state index in [4.69, 9.17) is 5.73 Å². The molecule has 208 valence electrons. The molecule has 7 N–H and O–H groups in total. The Bertz CT molecular complexity index is 1590. The van der Waals surface area contributed by atoms with Crippen molar-refractivity contribution in [2.75, 3.05) is 24.3 Å². The number of ketones is 2. The normalized spacial score (nSPS) is 23.8. The van der Waals surface area contributed by atoms with Crippen LogP contribution in [0, 0.1) is 17.7 Å². The molecule has 2 aromatic carbocycles. The number of aliphatic hydroxyl groups excluding tert-OH is 2. The molecule has 0 radical (unpaired) electrons. The molecule has 0 spiro atoms. The van der Waals surface area contributed by atoms with Crippen molar-refractivity contribution in [3.05, 3.63) is 69.7 Å². The van der Waals surface area contributed by atoms with Gasteiger partial charge in [-0.1, -0.05) is 6.07 Å². The van der Waals surface area contributed by atoms with Gasteiger partial charge in [-0.05, 0) is 37.0 Å². The number of carbonyl (C=O) groups is 4. The number of nitrogens with two attached hydrogens (primary N) is 1. The van der Waals surface area contributed by atoms with Crippen molar-refractivity contribution in [2.24, 2.45) is 17.6 Å². The number of rotatable bonds is 4. The zero-order valence-electron chi connectivity index (χ0n) is 21.5. The first-order valence-corrected chi connectivity index (χ1v) is 12.4. The number of nitrogens with one attached hydrogen (secondary N) is 1. The van der Waals surface area contributed by atoms with Crippen LogP contribution in [0.3, 0.4) is 0 Å². The minimum atomic E-state index is -2.73. The lowest BCUT2D eigenvalue weighted by molar-refractivity contribution is -0.147. The largest absolute Gasteiger partial charge is 0.508 e. The molecule has 0 heterocycles. The van der Waals surface area contributed by atoms with E-state index in [1.165, 1.54) is 6.07 Å². The number of amides is 2. The van der Waals surface area contributed by atoms with Gasteiger partial charge < -0.3 is 36.4 Å². The van der Waals surface area contributed by atoms with Gasteiger partial charge in [-0.2, -0.15) is 0 Å². The number of benzene rings is 2. The van der Waals surface area contributed by atoms with Crippen LogP contribution in [0.2, 0.25) is 0 Å². The van der Waals surface area contributed by atoms with E-state index in [0.29, 0.717) is 0 Å². The lowest BCUT2D eigenvalue weighted by atomic mass is 9.59. The third kappa shape index (κ3) is 3.82. The van der Waals surface area contributed by atoms with Gasteiger partial charge in [0.1, 0.15) is 22.9 Å². The highest BCUT2D eigenvalue weighted by atomic mass is 19.1. The summed E-state index contributed by atoms with van der Waals surface area (Å²) < 4.78 is 15.3. The quantitative estimate of drug-likeness (QED) is 0.243. The predicted molar refractivity (Wildman–Crippen MR) is 140 cm³/mol. The van der Waals surface area contributed by atoms with Gasteiger partial charge in [-0.3, -0.25) is 19.2 Å². The average Bonchev–Trinajstić information content (AvgIpc) is 2.88. The Balaban J connectivity index is 1.58. The maximum atomic E-state index is 15.3. The molecule has 1 saturated carbocycles. The summed E-state index contributed by atoms with van der Waals surface area (Å²) in [5.74, 6) is -9.72. The molecule has 3 aliphatic carbocycles. The van der Waals surface area contributed by atoms with E-state index < -0.39 is 87.0 Å². The predicted octanol–water partition coefficient (Wildman–Crippen LogP) is 1.88. The number of primary amides is 1. The topological polar surface area (TPSA) is 190 Å². The summed E-state index contributed by atoms with van der Waals surface area (Å²) in [5, 5.41) is 46.5. The summed E-state index contributed by atoms with van der Waals surface area (Å²) in [7, 11) is 3.57. The van der Waals surface area contributed by atoms with Crippen LogP contribution in [0.1, 0.15) is 34.3 Å². The molecule has 2 aromatic rings. The molecule has 3 aliphatic rings. The number of halogens is 1. The van der Waals surface area contributed by atoms with Crippen molar-refractivity contribution in [3.8, 4) is 5.75 Å². The zero-order valence-corrected chi connectivity index (χ0v) is 21.5. The maximum Gasteiger partial charge on any atom is 0.255 e. The molecule has 2 amide bonds. The maximum absolute atomic E-state index is 15.3. The fourth-order valence-electron chi connectivity index (χ4n) is 5.86. The van der Waals surface area contributed by atoms with Crippen LogP contribution in [0.4, 0.5) is 15.8 Å². The van der Waals surface area contributed by atoms with E-state index in [0.717, 1.165) is 11.8 Å². The summed E-state index contributed by atoms with van der Waals surface area (Å²) in [6, 6.07) is 7.42. The highest BCUT2D eigenvalue weighted by Gasteiger charge is 2.60. The van der Waals surface area contributed by atoms with Crippen molar-refractivity contribution < 1.29 is 44.0 Å². The summed E-state index contributed by atoms with van der Waals surface area (Å²) in [4.78, 5) is 52.4. The van der Waals surface area contributed by atoms with E-state index in [2.05, 4.69) is 5.32 Å². The Morgan fingerprint density at radius 2 is 1.82 bits per heavy atom. The minimum absolute atomic E-state index is 0.121. The Morgan fingerprint density at radius 3 is 2.48 bits per heavy atom. The summed E-state index contributed by atoms with van der Waals surface area (Å²) in [5.41, 5.74) is 1.11. The Labute approximate surface area is 227 Å². The molecule has 11 nitrogen and oxygen atoms in total. The smallest absolute Gasteiger partial charge is 0.255 e. The molecular formula is C28H26FN3O8. The number of Topliss-reactive ketones (excluding diaryl/α,β-unsaturated/α-hetero) is 2. The monoisotopic (exact) mass is 551 g/mol. The number of nitrogens with zero attached hydrogens (tertiary/aromatic N) is 1. The molecular weight excluding hydrogens is 525 g/mol. The number of phenols is 1. The van der Waals surface area contributed by atoms with Crippen LogP contribution in [0.5, 0.6) is 5.75 Å². The van der Waals surface area contributed by atoms with E-state index >= 15 is 4.39 Å². The van der Waals surface area contributed by atoms with Crippen molar-refractivity contribution >= 4 is 40.5 Å². The summed E-state index contributed by atoms with van der Waals surface area (Å²) >= 11 is 0. The highest BCUT2D eigenvalue weighted by Crippen LogP contribution is 2.53. The third-order valence-electron chi connectivity index (χ3n) is 7.88. The van der Waals surface area contributed by atoms with Gasteiger partial charge in [0, 0.05) is 54.9 Å². The lowest BCUT2D eigenvalue weighted by Crippen LogP contribution is -2.58. The second-order valence-electron chi connectivity index (χ2n) is 10.4. The molecule has 1 fully saturated rings. The SMILES string of the molecule is CN(C)c1cccc(C(=O)Nc2cc(F)c3c(c2O)C(O)=C2C(=O)[C@]4(O)C(O)=C(C(N)=O)C(=O)C[C@@H]4CC2C3)c1. The van der Waals surface area contributed by atoms with E-state index in [1.807, 2.05) is 0 Å². The molecule has 0 saturated heterocycles. The Hall–Kier alpha value is -4.71. The third-order valence-corrected chi connectivity index (χ3v) is 7.88. The van der Waals surface area contributed by atoms with Crippen molar-refractivity contribution in [3.63, 3.8) is 0 Å². The van der Waals surface area contributed by atoms with Crippen LogP contribution in [-0.4, -0.2) is 63.5 Å². The van der Waals surface area contributed by atoms with Gasteiger partial charge in [0.2, 0.25) is 5.78 Å². The number of anilines is 2. The van der Waals surface area contributed by atoms with Gasteiger partial charge >= 0.3 is 0 Å². The number of hydrogen-bond acceptors (Lipinski definition) is 9. The molecule has 12 heteroatoms. The van der Waals surface area contributed by atoms with Crippen LogP contribution in [0.25, 0.3) is 5.76 Å². The second kappa shape index (κ2) is 9.19. The Kier molecular flexibility index (Phi) is 6.18. The average molecular weight is 552 g/mol. The van der Waals surface area contributed by atoms with Crippen LogP contribution >= 0.6 is 0 Å². The molecule has 40 heavy (non-hydrogen) atoms. The second-order valence-corrected chi connectivity index (χ2v) is 10.4. The number of fused-ring (bicyclic) bond motifs is 3. The number of aromatic hydroxyl groups is 1. The van der Waals surface area contributed by atoms with Crippen molar-refractivity contribution in [1.82, 2.24) is 0 Å². The van der Waals surface area contributed by atoms with Crippen LogP contribution in [-0.2, 0) is 20.8 Å². The van der Waals surface area contributed by atoms with Gasteiger partial charge in [0.15, 0.2) is 17.1 Å². The Morgan fingerprint density at radius 1 is 1.12 bits per heavy atom. The van der Waals surface area contributed by atoms with E-state index in [9.17, 15) is 39.6 Å². The first-order valence-electron chi connectivity index (χ1n) is 12.4. The minimum Gasteiger partial charge on any atom is -0.508 e. The number of aliphatic hydroxyl groups is 3. The number of carbonyl (C=O) groups excluding carboxylic acids is 4.